The summed E-state index contributed by atoms with van der Waals surface area (Å²) in [6, 6.07) is 9.45. The molecule has 7 heteroatoms. The lowest BCUT2D eigenvalue weighted by molar-refractivity contribution is 0.286. The standard InChI is InChI=1S/C30H39IN6/c1-19-8-7-10-23(14-19)37-18-35-25-15-22(11-12-26(25)37)24-16-27(36(4)13-6-5-9-20(2)31)28(21(3)32)30-29(24)33-17-34-30/h11-12,15-20,23H,3,5-10,13-14,32H2,1-2,4H3,(H,33,34)/t19-,20?,23?/m0/s1. The minimum atomic E-state index is 0.544. The van der Waals surface area contributed by atoms with Gasteiger partial charge >= 0.3 is 0 Å². The molecule has 1 aliphatic rings. The lowest BCUT2D eigenvalue weighted by Crippen LogP contribution is -2.21. The third kappa shape index (κ3) is 5.38. The highest BCUT2D eigenvalue weighted by molar-refractivity contribution is 14.1. The smallest absolute Gasteiger partial charge is 0.0969 e. The fourth-order valence-electron chi connectivity index (χ4n) is 5.98. The van der Waals surface area contributed by atoms with E-state index in [9.17, 15) is 0 Å². The second-order valence-electron chi connectivity index (χ2n) is 10.9. The normalized spacial score (nSPS) is 18.9. The third-order valence-corrected chi connectivity index (χ3v) is 8.57. The van der Waals surface area contributed by atoms with Crippen LogP contribution in [0.25, 0.3) is 38.9 Å². The molecule has 0 bridgehead atoms. The summed E-state index contributed by atoms with van der Waals surface area (Å²) in [5, 5.41) is 0. The van der Waals surface area contributed by atoms with Crippen LogP contribution < -0.4 is 10.6 Å². The maximum atomic E-state index is 6.34. The van der Waals surface area contributed by atoms with Crippen molar-refractivity contribution in [2.24, 2.45) is 11.7 Å². The average Bonchev–Trinajstić information content (AvgIpc) is 3.52. The molecule has 2 heterocycles. The zero-order chi connectivity index (χ0) is 26.1. The quantitative estimate of drug-likeness (QED) is 0.116. The van der Waals surface area contributed by atoms with E-state index < -0.39 is 0 Å². The van der Waals surface area contributed by atoms with Crippen molar-refractivity contribution in [1.29, 1.82) is 0 Å². The number of nitrogens with two attached hydrogens (primary N) is 1. The summed E-state index contributed by atoms with van der Waals surface area (Å²) < 4.78 is 3.10. The van der Waals surface area contributed by atoms with E-state index in [0.29, 0.717) is 15.7 Å². The van der Waals surface area contributed by atoms with E-state index in [4.69, 9.17) is 15.7 Å². The van der Waals surface area contributed by atoms with Crippen LogP contribution in [0, 0.1) is 5.92 Å². The molecule has 37 heavy (non-hydrogen) atoms. The van der Waals surface area contributed by atoms with Crippen molar-refractivity contribution in [3.63, 3.8) is 0 Å². The summed E-state index contributed by atoms with van der Waals surface area (Å²) >= 11 is 2.51. The number of nitrogens with one attached hydrogen (secondary N) is 1. The lowest BCUT2D eigenvalue weighted by Gasteiger charge is -2.28. The summed E-state index contributed by atoms with van der Waals surface area (Å²) in [6.07, 6.45) is 12.5. The van der Waals surface area contributed by atoms with Gasteiger partial charge in [-0.15, -0.1) is 0 Å². The SMILES string of the molecule is C=C(N)c1c(N(C)CCCCC(C)I)cc(-c2ccc3c(c2)ncn3C2CCC[C@H](C)C2)c2nc[nH]c12. The molecule has 1 saturated carbocycles. The molecule has 5 rings (SSSR count). The molecule has 0 amide bonds. The first-order chi connectivity index (χ1) is 17.8. The first-order valence-electron chi connectivity index (χ1n) is 13.6. The van der Waals surface area contributed by atoms with Gasteiger partial charge in [0.15, 0.2) is 0 Å². The van der Waals surface area contributed by atoms with Gasteiger partial charge in [-0.1, -0.05) is 68.3 Å². The Bertz CT molecular complexity index is 1400. The number of alkyl halides is 1. The first-order valence-corrected chi connectivity index (χ1v) is 14.8. The van der Waals surface area contributed by atoms with Crippen molar-refractivity contribution >= 4 is 56.0 Å². The minimum absolute atomic E-state index is 0.544. The maximum absolute atomic E-state index is 6.34. The van der Waals surface area contributed by atoms with Crippen molar-refractivity contribution < 1.29 is 0 Å². The number of rotatable bonds is 9. The Kier molecular flexibility index (Phi) is 7.79. The van der Waals surface area contributed by atoms with Gasteiger partial charge in [-0.25, -0.2) is 9.97 Å². The molecule has 2 aromatic carbocycles. The summed E-state index contributed by atoms with van der Waals surface area (Å²) in [7, 11) is 2.15. The number of aromatic amines is 1. The van der Waals surface area contributed by atoms with E-state index in [1.807, 2.05) is 6.33 Å². The highest BCUT2D eigenvalue weighted by Gasteiger charge is 2.23. The van der Waals surface area contributed by atoms with Gasteiger partial charge in [-0.3, -0.25) is 0 Å². The lowest BCUT2D eigenvalue weighted by atomic mass is 9.87. The van der Waals surface area contributed by atoms with Gasteiger partial charge in [0, 0.05) is 46.1 Å². The van der Waals surface area contributed by atoms with Crippen molar-refractivity contribution in [2.45, 2.75) is 68.8 Å². The Hall–Kier alpha value is -2.55. The molecule has 2 aromatic heterocycles. The molecule has 1 fully saturated rings. The van der Waals surface area contributed by atoms with E-state index in [2.05, 4.69) is 88.8 Å². The van der Waals surface area contributed by atoms with Gasteiger partial charge in [-0.05, 0) is 55.4 Å². The minimum Gasteiger partial charge on any atom is -0.399 e. The Morgan fingerprint density at radius 2 is 2.11 bits per heavy atom. The van der Waals surface area contributed by atoms with Crippen LogP contribution in [0.5, 0.6) is 0 Å². The molecule has 1 aliphatic carbocycles. The van der Waals surface area contributed by atoms with E-state index in [0.717, 1.165) is 57.8 Å². The third-order valence-electron chi connectivity index (χ3n) is 7.95. The number of nitrogens with zero attached hydrogens (tertiary/aromatic N) is 4. The fourth-order valence-corrected chi connectivity index (χ4v) is 6.42. The van der Waals surface area contributed by atoms with Gasteiger partial charge in [0.1, 0.15) is 0 Å². The number of H-pyrrole nitrogens is 1. The Morgan fingerprint density at radius 1 is 1.27 bits per heavy atom. The zero-order valence-electron chi connectivity index (χ0n) is 22.3. The molecule has 4 aromatic rings. The highest BCUT2D eigenvalue weighted by atomic mass is 127. The highest BCUT2D eigenvalue weighted by Crippen LogP contribution is 2.39. The van der Waals surface area contributed by atoms with Crippen LogP contribution in [0.15, 0.2) is 43.5 Å². The predicted molar refractivity (Wildman–Crippen MR) is 165 cm³/mol. The van der Waals surface area contributed by atoms with Crippen LogP contribution in [0.3, 0.4) is 0 Å². The van der Waals surface area contributed by atoms with Crippen LogP contribution in [0.1, 0.15) is 70.4 Å². The van der Waals surface area contributed by atoms with Crippen LogP contribution >= 0.6 is 22.6 Å². The molecule has 3 N–H and O–H groups in total. The molecular formula is C30H39IN6. The summed E-state index contributed by atoms with van der Waals surface area (Å²) in [6.45, 7) is 9.71. The number of imidazole rings is 2. The number of anilines is 1. The predicted octanol–water partition coefficient (Wildman–Crippen LogP) is 7.69. The Balaban J connectivity index is 1.53. The number of hydrogen-bond acceptors (Lipinski definition) is 4. The van der Waals surface area contributed by atoms with Crippen molar-refractivity contribution in [3.05, 3.63) is 49.1 Å². The van der Waals surface area contributed by atoms with Gasteiger partial charge in [0.2, 0.25) is 0 Å². The van der Waals surface area contributed by atoms with Crippen molar-refractivity contribution in [1.82, 2.24) is 19.5 Å². The van der Waals surface area contributed by atoms with Crippen LogP contribution in [-0.2, 0) is 0 Å². The van der Waals surface area contributed by atoms with Gasteiger partial charge < -0.3 is 20.2 Å². The zero-order valence-corrected chi connectivity index (χ0v) is 24.5. The molecule has 0 aliphatic heterocycles. The molecule has 0 spiro atoms. The summed E-state index contributed by atoms with van der Waals surface area (Å²) in [4.78, 5) is 15.2. The fraction of sp³-hybridized carbons (Fsp3) is 0.467. The van der Waals surface area contributed by atoms with Crippen LogP contribution in [-0.4, -0.2) is 37.0 Å². The number of benzene rings is 2. The molecule has 2 unspecified atom stereocenters. The van der Waals surface area contributed by atoms with Gasteiger partial charge in [0.05, 0.1) is 34.7 Å². The molecule has 0 saturated heterocycles. The van der Waals surface area contributed by atoms with Crippen LogP contribution in [0.2, 0.25) is 0 Å². The number of unbranched alkanes of at least 4 members (excludes halogenated alkanes) is 1. The number of aromatic nitrogens is 4. The summed E-state index contributed by atoms with van der Waals surface area (Å²) in [5.74, 6) is 0.777. The number of fused-ring (bicyclic) bond motifs is 2. The largest absolute Gasteiger partial charge is 0.399 e. The van der Waals surface area contributed by atoms with E-state index >= 15 is 0 Å². The molecule has 3 atom stereocenters. The maximum Gasteiger partial charge on any atom is 0.0969 e. The monoisotopic (exact) mass is 610 g/mol. The Morgan fingerprint density at radius 3 is 2.86 bits per heavy atom. The second kappa shape index (κ2) is 11.1. The van der Waals surface area contributed by atoms with E-state index in [1.165, 1.54) is 44.0 Å². The van der Waals surface area contributed by atoms with Gasteiger partial charge in [0.25, 0.3) is 0 Å². The Labute approximate surface area is 233 Å². The van der Waals surface area contributed by atoms with E-state index in [-0.39, 0.29) is 0 Å². The van der Waals surface area contributed by atoms with Gasteiger partial charge in [-0.2, -0.15) is 0 Å². The second-order valence-corrected chi connectivity index (χ2v) is 13.1. The molecule has 0 radical (unpaired) electrons. The molecule has 6 nitrogen and oxygen atoms in total. The van der Waals surface area contributed by atoms with Crippen molar-refractivity contribution in [2.75, 3.05) is 18.5 Å². The number of hydrogen-bond donors (Lipinski definition) is 2. The summed E-state index contributed by atoms with van der Waals surface area (Å²) in [5.41, 5.74) is 15.2. The average molecular weight is 611 g/mol. The first kappa shape index (κ1) is 26.1. The number of halogens is 1. The van der Waals surface area contributed by atoms with Crippen molar-refractivity contribution in [3.8, 4) is 11.1 Å². The van der Waals surface area contributed by atoms with E-state index in [1.54, 1.807) is 6.33 Å². The molecular weight excluding hydrogens is 571 g/mol. The molecule has 196 valence electrons. The topological polar surface area (TPSA) is 75.8 Å². The van der Waals surface area contributed by atoms with Crippen LogP contribution in [0.4, 0.5) is 5.69 Å².